The number of carbonyl (C=O) groups excluding carboxylic acids is 2. The second-order valence-electron chi connectivity index (χ2n) is 8.97. The van der Waals surface area contributed by atoms with Crippen molar-refractivity contribution in [3.05, 3.63) is 0 Å². The summed E-state index contributed by atoms with van der Waals surface area (Å²) < 4.78 is 10.8. The SMILES string of the molecule is CCCCCCCCCCC(CCCCCCCCCC)(C(=O)OCC)C(=O)OCC. The van der Waals surface area contributed by atoms with Crippen molar-refractivity contribution in [3.63, 3.8) is 0 Å². The Morgan fingerprint density at radius 1 is 0.484 bits per heavy atom. The molecule has 0 atom stereocenters. The molecular formula is C27H52O4. The van der Waals surface area contributed by atoms with Gasteiger partial charge in [0.1, 0.15) is 0 Å². The van der Waals surface area contributed by atoms with Crippen LogP contribution in [0.25, 0.3) is 0 Å². The molecule has 0 heterocycles. The van der Waals surface area contributed by atoms with Crippen LogP contribution in [0, 0.1) is 5.41 Å². The van der Waals surface area contributed by atoms with Crippen LogP contribution in [0.15, 0.2) is 0 Å². The molecule has 0 saturated heterocycles. The second-order valence-corrected chi connectivity index (χ2v) is 8.97. The van der Waals surface area contributed by atoms with Crippen LogP contribution in [0.5, 0.6) is 0 Å². The summed E-state index contributed by atoms with van der Waals surface area (Å²) in [6.45, 7) is 8.68. The lowest BCUT2D eigenvalue weighted by molar-refractivity contribution is -0.173. The topological polar surface area (TPSA) is 52.6 Å². The number of ether oxygens (including phenoxy) is 2. The van der Waals surface area contributed by atoms with E-state index in [9.17, 15) is 9.59 Å². The van der Waals surface area contributed by atoms with E-state index in [1.165, 1.54) is 77.0 Å². The number of hydrogen-bond acceptors (Lipinski definition) is 4. The first-order valence-corrected chi connectivity index (χ1v) is 13.4. The second kappa shape index (κ2) is 20.8. The summed E-state index contributed by atoms with van der Waals surface area (Å²) in [6, 6.07) is 0. The van der Waals surface area contributed by atoms with E-state index in [1.54, 1.807) is 13.8 Å². The molecule has 0 N–H and O–H groups in total. The fraction of sp³-hybridized carbons (Fsp3) is 0.926. The van der Waals surface area contributed by atoms with E-state index >= 15 is 0 Å². The normalized spacial score (nSPS) is 11.5. The Labute approximate surface area is 193 Å². The van der Waals surface area contributed by atoms with Crippen LogP contribution in [0.2, 0.25) is 0 Å². The molecule has 0 aliphatic carbocycles. The monoisotopic (exact) mass is 440 g/mol. The van der Waals surface area contributed by atoms with Gasteiger partial charge in [0.2, 0.25) is 0 Å². The minimum atomic E-state index is -1.11. The van der Waals surface area contributed by atoms with Gasteiger partial charge in [-0.25, -0.2) is 0 Å². The third-order valence-corrected chi connectivity index (χ3v) is 6.25. The van der Waals surface area contributed by atoms with Crippen LogP contribution >= 0.6 is 0 Å². The zero-order chi connectivity index (χ0) is 23.2. The number of carbonyl (C=O) groups is 2. The number of esters is 2. The fourth-order valence-electron chi connectivity index (χ4n) is 4.28. The molecule has 4 nitrogen and oxygen atoms in total. The quantitative estimate of drug-likeness (QED) is 0.0967. The van der Waals surface area contributed by atoms with Gasteiger partial charge in [-0.05, 0) is 26.7 Å². The number of unbranched alkanes of at least 4 members (excludes halogenated alkanes) is 14. The average molecular weight is 441 g/mol. The van der Waals surface area contributed by atoms with E-state index in [2.05, 4.69) is 13.8 Å². The first-order chi connectivity index (χ1) is 15.1. The highest BCUT2D eigenvalue weighted by atomic mass is 16.6. The Balaban J connectivity index is 4.72. The molecule has 0 bridgehead atoms. The van der Waals surface area contributed by atoms with Crippen molar-refractivity contribution in [2.75, 3.05) is 13.2 Å². The Morgan fingerprint density at radius 2 is 0.774 bits per heavy atom. The molecule has 0 aliphatic rings. The molecule has 0 spiro atoms. The summed E-state index contributed by atoms with van der Waals surface area (Å²) in [5.74, 6) is -0.751. The van der Waals surface area contributed by atoms with Crippen molar-refractivity contribution in [3.8, 4) is 0 Å². The molecule has 4 heteroatoms. The fourth-order valence-corrected chi connectivity index (χ4v) is 4.28. The van der Waals surface area contributed by atoms with E-state index in [0.29, 0.717) is 26.1 Å². The molecule has 0 aromatic heterocycles. The van der Waals surface area contributed by atoms with Crippen LogP contribution in [0.4, 0.5) is 0 Å². The molecule has 0 amide bonds. The molecule has 0 fully saturated rings. The zero-order valence-corrected chi connectivity index (χ0v) is 21.3. The van der Waals surface area contributed by atoms with Crippen molar-refractivity contribution >= 4 is 11.9 Å². The smallest absolute Gasteiger partial charge is 0.323 e. The lowest BCUT2D eigenvalue weighted by atomic mass is 9.77. The molecular weight excluding hydrogens is 388 g/mol. The largest absolute Gasteiger partial charge is 0.465 e. The number of hydrogen-bond donors (Lipinski definition) is 0. The highest BCUT2D eigenvalue weighted by Gasteiger charge is 2.47. The van der Waals surface area contributed by atoms with Gasteiger partial charge in [0.25, 0.3) is 0 Å². The molecule has 184 valence electrons. The van der Waals surface area contributed by atoms with E-state index in [0.717, 1.165) is 25.7 Å². The van der Waals surface area contributed by atoms with Gasteiger partial charge in [-0.2, -0.15) is 0 Å². The van der Waals surface area contributed by atoms with Gasteiger partial charge in [0, 0.05) is 0 Å². The van der Waals surface area contributed by atoms with Crippen molar-refractivity contribution in [1.29, 1.82) is 0 Å². The van der Waals surface area contributed by atoms with Gasteiger partial charge < -0.3 is 9.47 Å². The van der Waals surface area contributed by atoms with Gasteiger partial charge >= 0.3 is 11.9 Å². The van der Waals surface area contributed by atoms with Crippen molar-refractivity contribution in [2.45, 2.75) is 143 Å². The van der Waals surface area contributed by atoms with Crippen molar-refractivity contribution < 1.29 is 19.1 Å². The van der Waals surface area contributed by atoms with E-state index in [4.69, 9.17) is 9.47 Å². The highest BCUT2D eigenvalue weighted by molar-refractivity contribution is 6.00. The van der Waals surface area contributed by atoms with Crippen LogP contribution in [-0.4, -0.2) is 25.2 Å². The van der Waals surface area contributed by atoms with E-state index in [-0.39, 0.29) is 11.9 Å². The Bertz CT molecular complexity index is 393. The molecule has 0 aliphatic heterocycles. The van der Waals surface area contributed by atoms with Gasteiger partial charge in [0.05, 0.1) is 13.2 Å². The minimum absolute atomic E-state index is 0.300. The molecule has 0 aromatic rings. The lowest BCUT2D eigenvalue weighted by Crippen LogP contribution is -2.42. The Kier molecular flexibility index (Phi) is 20.1. The predicted molar refractivity (Wildman–Crippen MR) is 130 cm³/mol. The average Bonchev–Trinajstić information content (AvgIpc) is 2.76. The van der Waals surface area contributed by atoms with Crippen LogP contribution in [0.3, 0.4) is 0 Å². The Hall–Kier alpha value is -1.06. The maximum absolute atomic E-state index is 12.9. The number of rotatable bonds is 22. The maximum Gasteiger partial charge on any atom is 0.323 e. The van der Waals surface area contributed by atoms with Gasteiger partial charge in [0.15, 0.2) is 5.41 Å². The third-order valence-electron chi connectivity index (χ3n) is 6.25. The minimum Gasteiger partial charge on any atom is -0.465 e. The summed E-state index contributed by atoms with van der Waals surface area (Å²) >= 11 is 0. The molecule has 0 rings (SSSR count). The van der Waals surface area contributed by atoms with E-state index in [1.807, 2.05) is 0 Å². The van der Waals surface area contributed by atoms with E-state index < -0.39 is 5.41 Å². The first-order valence-electron chi connectivity index (χ1n) is 13.4. The standard InChI is InChI=1S/C27H52O4/c1-5-9-11-13-15-17-19-21-23-27(25(28)30-7-3,26(29)31-8-4)24-22-20-18-16-14-12-10-6-2/h5-24H2,1-4H3. The lowest BCUT2D eigenvalue weighted by Gasteiger charge is -2.29. The van der Waals surface area contributed by atoms with Crippen LogP contribution in [-0.2, 0) is 19.1 Å². The summed E-state index contributed by atoms with van der Waals surface area (Å²) in [6.07, 6.45) is 20.1. The summed E-state index contributed by atoms with van der Waals surface area (Å²) in [4.78, 5) is 25.9. The van der Waals surface area contributed by atoms with Gasteiger partial charge in [-0.3, -0.25) is 9.59 Å². The first kappa shape index (κ1) is 29.9. The van der Waals surface area contributed by atoms with Crippen LogP contribution in [0.1, 0.15) is 143 Å². The maximum atomic E-state index is 12.9. The molecule has 0 radical (unpaired) electrons. The molecule has 31 heavy (non-hydrogen) atoms. The van der Waals surface area contributed by atoms with Gasteiger partial charge in [-0.1, -0.05) is 117 Å². The van der Waals surface area contributed by atoms with Crippen molar-refractivity contribution in [1.82, 2.24) is 0 Å². The van der Waals surface area contributed by atoms with Crippen molar-refractivity contribution in [2.24, 2.45) is 5.41 Å². The predicted octanol–water partition coefficient (Wildman–Crippen LogP) is 8.16. The molecule has 0 aromatic carbocycles. The summed E-state index contributed by atoms with van der Waals surface area (Å²) in [5.41, 5.74) is -1.11. The molecule has 0 saturated carbocycles. The summed E-state index contributed by atoms with van der Waals surface area (Å²) in [7, 11) is 0. The van der Waals surface area contributed by atoms with Crippen LogP contribution < -0.4 is 0 Å². The summed E-state index contributed by atoms with van der Waals surface area (Å²) in [5, 5.41) is 0. The molecule has 0 unspecified atom stereocenters. The Morgan fingerprint density at radius 3 is 1.06 bits per heavy atom. The van der Waals surface area contributed by atoms with Gasteiger partial charge in [-0.15, -0.1) is 0 Å². The zero-order valence-electron chi connectivity index (χ0n) is 21.3. The third kappa shape index (κ3) is 13.9. The highest BCUT2D eigenvalue weighted by Crippen LogP contribution is 2.35.